The maximum atomic E-state index is 5.97. The second kappa shape index (κ2) is 5.05. The van der Waals surface area contributed by atoms with Crippen LogP contribution >= 0.6 is 15.9 Å². The third-order valence-corrected chi connectivity index (χ3v) is 5.01. The van der Waals surface area contributed by atoms with Gasteiger partial charge in [0.25, 0.3) is 0 Å². The van der Waals surface area contributed by atoms with Crippen molar-refractivity contribution in [2.24, 2.45) is 0 Å². The Morgan fingerprint density at radius 3 is 2.44 bits per heavy atom. The van der Waals surface area contributed by atoms with E-state index in [0.29, 0.717) is 0 Å². The van der Waals surface area contributed by atoms with Gasteiger partial charge in [0.05, 0.1) is 0 Å². The predicted molar refractivity (Wildman–Crippen MR) is 74.8 cm³/mol. The fourth-order valence-corrected chi connectivity index (χ4v) is 3.63. The average molecular weight is 341 g/mol. The third kappa shape index (κ3) is 2.88. The zero-order chi connectivity index (χ0) is 11.5. The molecule has 0 unspecified atom stereocenters. The van der Waals surface area contributed by atoms with Gasteiger partial charge in [-0.1, -0.05) is 0 Å². The molecule has 1 nitrogen and oxygen atoms in total. The van der Waals surface area contributed by atoms with Crippen LogP contribution in [0.15, 0.2) is 46.9 Å². The van der Waals surface area contributed by atoms with Crippen LogP contribution in [0.2, 0.25) is 0 Å². The van der Waals surface area contributed by atoms with Gasteiger partial charge in [-0.2, -0.15) is 0 Å². The molecule has 0 spiro atoms. The zero-order valence-electron chi connectivity index (χ0n) is 8.91. The van der Waals surface area contributed by atoms with E-state index in [-0.39, 0.29) is 15.0 Å². The molecular weight excluding hydrogens is 329 g/mol. The van der Waals surface area contributed by atoms with E-state index >= 15 is 0 Å². The summed E-state index contributed by atoms with van der Waals surface area (Å²) in [6.45, 7) is 2.10. The second-order valence-corrected chi connectivity index (χ2v) is 6.85. The predicted octanol–water partition coefficient (Wildman–Crippen LogP) is 1.99. The summed E-state index contributed by atoms with van der Waals surface area (Å²) in [7, 11) is 0. The molecular formula is C13H12BrNSe. The normalized spacial score (nSPS) is 10.4. The van der Waals surface area contributed by atoms with Crippen molar-refractivity contribution in [1.29, 1.82) is 0 Å². The number of nitrogen functional groups attached to an aromatic ring is 1. The van der Waals surface area contributed by atoms with Crippen molar-refractivity contribution in [2.75, 3.05) is 5.73 Å². The first-order valence-corrected chi connectivity index (χ1v) is 7.45. The first kappa shape index (κ1) is 11.7. The molecule has 0 saturated carbocycles. The minimum absolute atomic E-state index is 0.288. The maximum absolute atomic E-state index is 5.97. The van der Waals surface area contributed by atoms with Crippen LogP contribution in [0.1, 0.15) is 5.56 Å². The molecule has 2 rings (SSSR count). The molecule has 0 heterocycles. The van der Waals surface area contributed by atoms with E-state index in [4.69, 9.17) is 5.73 Å². The first-order chi connectivity index (χ1) is 7.65. The Labute approximate surface area is 110 Å². The van der Waals surface area contributed by atoms with Gasteiger partial charge in [0.1, 0.15) is 0 Å². The number of hydrogen-bond donors (Lipinski definition) is 1. The summed E-state index contributed by atoms with van der Waals surface area (Å²) in [5.74, 6) is 0. The monoisotopic (exact) mass is 341 g/mol. The molecule has 2 N–H and O–H groups in total. The number of halogens is 1. The summed E-state index contributed by atoms with van der Waals surface area (Å²) in [5.41, 5.74) is 8.14. The van der Waals surface area contributed by atoms with Gasteiger partial charge in [0.15, 0.2) is 0 Å². The molecule has 0 amide bonds. The van der Waals surface area contributed by atoms with Crippen LogP contribution in [0.5, 0.6) is 0 Å². The third-order valence-electron chi connectivity index (χ3n) is 2.21. The molecule has 3 heteroatoms. The summed E-state index contributed by atoms with van der Waals surface area (Å²) < 4.78 is 3.71. The van der Waals surface area contributed by atoms with Crippen LogP contribution in [0.3, 0.4) is 0 Å². The van der Waals surface area contributed by atoms with E-state index in [2.05, 4.69) is 59.3 Å². The Morgan fingerprint density at radius 1 is 1.06 bits per heavy atom. The molecule has 0 aliphatic rings. The standard InChI is InChI=1S/C13H12BrNSe/c1-9-2-7-12(15)13(8-9)16-11-5-3-10(14)4-6-11/h2-8H,15H2,1H3. The molecule has 0 saturated heterocycles. The molecule has 0 radical (unpaired) electrons. The van der Waals surface area contributed by atoms with Crippen LogP contribution in [-0.2, 0) is 0 Å². The van der Waals surface area contributed by atoms with Crippen molar-refractivity contribution in [3.8, 4) is 0 Å². The van der Waals surface area contributed by atoms with Gasteiger partial charge in [0, 0.05) is 0 Å². The van der Waals surface area contributed by atoms with Gasteiger partial charge in [-0.3, -0.25) is 0 Å². The van der Waals surface area contributed by atoms with E-state index in [1.165, 1.54) is 14.5 Å². The molecule has 16 heavy (non-hydrogen) atoms. The van der Waals surface area contributed by atoms with Crippen molar-refractivity contribution in [2.45, 2.75) is 6.92 Å². The van der Waals surface area contributed by atoms with Crippen LogP contribution in [0, 0.1) is 6.92 Å². The van der Waals surface area contributed by atoms with E-state index in [9.17, 15) is 0 Å². The number of benzene rings is 2. The molecule has 2 aromatic rings. The zero-order valence-corrected chi connectivity index (χ0v) is 12.2. The topological polar surface area (TPSA) is 26.0 Å². The van der Waals surface area contributed by atoms with Gasteiger partial charge in [0.2, 0.25) is 0 Å². The Bertz CT molecular complexity index is 494. The van der Waals surface area contributed by atoms with Gasteiger partial charge < -0.3 is 0 Å². The van der Waals surface area contributed by atoms with Crippen molar-refractivity contribution in [3.05, 3.63) is 52.5 Å². The molecule has 0 fully saturated rings. The molecule has 0 aromatic heterocycles. The van der Waals surface area contributed by atoms with Crippen molar-refractivity contribution in [3.63, 3.8) is 0 Å². The SMILES string of the molecule is Cc1ccc(N)c([Se]c2ccc(Br)cc2)c1. The van der Waals surface area contributed by atoms with E-state index in [1.807, 2.05) is 6.07 Å². The summed E-state index contributed by atoms with van der Waals surface area (Å²) in [5, 5.41) is 0. The van der Waals surface area contributed by atoms with Crippen LogP contribution < -0.4 is 14.7 Å². The Morgan fingerprint density at radius 2 is 1.75 bits per heavy atom. The number of hydrogen-bond acceptors (Lipinski definition) is 1. The fourth-order valence-electron chi connectivity index (χ4n) is 1.36. The molecule has 0 bridgehead atoms. The quantitative estimate of drug-likeness (QED) is 0.656. The number of anilines is 1. The first-order valence-electron chi connectivity index (χ1n) is 4.95. The van der Waals surface area contributed by atoms with E-state index in [1.54, 1.807) is 0 Å². The average Bonchev–Trinajstić information content (AvgIpc) is 2.27. The van der Waals surface area contributed by atoms with Gasteiger partial charge in [-0.25, -0.2) is 0 Å². The van der Waals surface area contributed by atoms with E-state index < -0.39 is 0 Å². The summed E-state index contributed by atoms with van der Waals surface area (Å²) in [4.78, 5) is 0. The number of aryl methyl sites for hydroxylation is 1. The molecule has 2 aromatic carbocycles. The van der Waals surface area contributed by atoms with Crippen LogP contribution in [0.4, 0.5) is 5.69 Å². The Balaban J connectivity index is 2.26. The van der Waals surface area contributed by atoms with Crippen LogP contribution in [-0.4, -0.2) is 15.0 Å². The molecule has 0 aliphatic carbocycles. The number of rotatable bonds is 2. The molecule has 0 aliphatic heterocycles. The van der Waals surface area contributed by atoms with Gasteiger partial charge >= 0.3 is 111 Å². The van der Waals surface area contributed by atoms with Crippen LogP contribution in [0.25, 0.3) is 0 Å². The van der Waals surface area contributed by atoms with Crippen molar-refractivity contribution in [1.82, 2.24) is 0 Å². The van der Waals surface area contributed by atoms with Crippen molar-refractivity contribution < 1.29 is 0 Å². The summed E-state index contributed by atoms with van der Waals surface area (Å²) in [6.07, 6.45) is 0. The number of nitrogens with two attached hydrogens (primary N) is 1. The summed E-state index contributed by atoms with van der Waals surface area (Å²) in [6, 6.07) is 14.7. The fraction of sp³-hybridized carbons (Fsp3) is 0.0769. The second-order valence-electron chi connectivity index (χ2n) is 3.60. The molecule has 82 valence electrons. The van der Waals surface area contributed by atoms with E-state index in [0.717, 1.165) is 10.2 Å². The minimum atomic E-state index is 0.288. The Hall–Kier alpha value is -0.761. The summed E-state index contributed by atoms with van der Waals surface area (Å²) >= 11 is 3.73. The van der Waals surface area contributed by atoms with Gasteiger partial charge in [-0.15, -0.1) is 0 Å². The van der Waals surface area contributed by atoms with Gasteiger partial charge in [-0.05, 0) is 0 Å². The van der Waals surface area contributed by atoms with Crippen molar-refractivity contribution >= 4 is 45.5 Å². The Kier molecular flexibility index (Phi) is 3.70. The molecule has 0 atom stereocenters.